The maximum Gasteiger partial charge on any atom is 0.0780 e. The molecule has 0 aliphatic carbocycles. The summed E-state index contributed by atoms with van der Waals surface area (Å²) >= 11 is 0. The highest BCUT2D eigenvalue weighted by Crippen LogP contribution is 2.06. The number of nitrogens with zero attached hydrogens (tertiary/aromatic N) is 1. The molecule has 6 heteroatoms. The molecular weight excluding hydrogens is 246 g/mol. The first-order valence-electron chi connectivity index (χ1n) is 6.00. The van der Waals surface area contributed by atoms with E-state index in [1.807, 2.05) is 0 Å². The van der Waals surface area contributed by atoms with E-state index in [2.05, 4.69) is 28.1 Å². The number of rotatable bonds is 7. The van der Waals surface area contributed by atoms with Crippen LogP contribution in [-0.2, 0) is 0 Å². The molecule has 0 aliphatic heterocycles. The Morgan fingerprint density at radius 3 is 1.59 bits per heavy atom. The molecular formula is C11H27ClNO4+. The Kier molecular flexibility index (Phi) is 11.5. The first-order valence-corrected chi connectivity index (χ1v) is 7.26. The second kappa shape index (κ2) is 10.1. The van der Waals surface area contributed by atoms with Gasteiger partial charge in [0, 0.05) is 0 Å². The van der Waals surface area contributed by atoms with Crippen LogP contribution in [0.4, 0.5) is 0 Å². The third-order valence-corrected chi connectivity index (χ3v) is 2.18. The molecule has 1 N–H and O–H groups in total. The van der Waals surface area contributed by atoms with E-state index in [0.717, 1.165) is 4.48 Å². The van der Waals surface area contributed by atoms with Crippen LogP contribution in [0.1, 0.15) is 45.4 Å². The molecule has 0 amide bonds. The van der Waals surface area contributed by atoms with Crippen LogP contribution >= 0.6 is 0 Å². The van der Waals surface area contributed by atoms with Crippen LogP contribution in [0.25, 0.3) is 0 Å². The number of hydrogen-bond donors (Lipinski definition) is 1. The Morgan fingerprint density at radius 2 is 1.24 bits per heavy atom. The van der Waals surface area contributed by atoms with Crippen LogP contribution in [0.15, 0.2) is 0 Å². The molecule has 0 bridgehead atoms. The Balaban J connectivity index is 0. The minimum Gasteiger partial charge on any atom is -0.331 e. The molecule has 0 aromatic heterocycles. The smallest absolute Gasteiger partial charge is 0.0780 e. The Bertz CT molecular complexity index is 160. The third kappa shape index (κ3) is 38.7. The standard InChI is InChI=1S/C11H26N.ClHO4/c1-5-6-7-8-9-10-11-12(2,3)4;2-1(3,4)5/h5-11H2,1-4H3;(H,2,3,4,5)/q+1;. The van der Waals surface area contributed by atoms with Crippen molar-refractivity contribution >= 4 is 0 Å². The Hall–Kier alpha value is 0.0900. The van der Waals surface area contributed by atoms with E-state index in [1.54, 1.807) is 0 Å². The first-order chi connectivity index (χ1) is 7.56. The predicted molar refractivity (Wildman–Crippen MR) is 58.5 cm³/mol. The quantitative estimate of drug-likeness (QED) is 0.472. The Morgan fingerprint density at radius 1 is 0.882 bits per heavy atom. The van der Waals surface area contributed by atoms with Gasteiger partial charge in [-0.15, -0.1) is 0 Å². The molecule has 0 saturated heterocycles. The molecule has 0 aromatic carbocycles. The summed E-state index contributed by atoms with van der Waals surface area (Å²) in [6.07, 6.45) is 8.48. The molecule has 0 heterocycles. The molecule has 0 saturated carbocycles. The van der Waals surface area contributed by atoms with Crippen molar-refractivity contribution in [2.45, 2.75) is 45.4 Å². The Labute approximate surface area is 107 Å². The molecule has 0 radical (unpaired) electrons. The summed E-state index contributed by atoms with van der Waals surface area (Å²) in [7, 11) is 2.12. The monoisotopic (exact) mass is 272 g/mol. The molecule has 0 spiro atoms. The highest BCUT2D eigenvalue weighted by Gasteiger charge is 2.04. The lowest BCUT2D eigenvalue weighted by Crippen LogP contribution is -2.58. The highest BCUT2D eigenvalue weighted by molar-refractivity contribution is 4.42. The van der Waals surface area contributed by atoms with E-state index in [1.165, 1.54) is 45.1 Å². The van der Waals surface area contributed by atoms with Gasteiger partial charge in [0.15, 0.2) is 0 Å². The third-order valence-electron chi connectivity index (χ3n) is 2.18. The second-order valence-electron chi connectivity index (χ2n) is 5.18. The molecule has 5 nitrogen and oxygen atoms in total. The minimum atomic E-state index is -4.69. The van der Waals surface area contributed by atoms with Crippen LogP contribution in [0.3, 0.4) is 0 Å². The van der Waals surface area contributed by atoms with Gasteiger partial charge in [-0.25, -0.2) is 0 Å². The summed E-state index contributed by atoms with van der Waals surface area (Å²) in [4.78, 5) is 0. The van der Waals surface area contributed by atoms with Gasteiger partial charge < -0.3 is 4.48 Å². The van der Waals surface area contributed by atoms with Crippen molar-refractivity contribution in [2.24, 2.45) is 0 Å². The highest BCUT2D eigenvalue weighted by atomic mass is 35.7. The van der Waals surface area contributed by atoms with E-state index >= 15 is 0 Å². The van der Waals surface area contributed by atoms with Gasteiger partial charge in [0.1, 0.15) is 0 Å². The molecule has 0 rings (SSSR count). The van der Waals surface area contributed by atoms with Gasteiger partial charge in [-0.05, 0) is 12.8 Å². The fourth-order valence-electron chi connectivity index (χ4n) is 1.37. The number of quaternary nitrogens is 1. The van der Waals surface area contributed by atoms with Gasteiger partial charge in [0.25, 0.3) is 0 Å². The molecule has 0 fully saturated rings. The zero-order valence-corrected chi connectivity index (χ0v) is 12.2. The van der Waals surface area contributed by atoms with Gasteiger partial charge in [-0.2, -0.15) is 14.0 Å². The minimum absolute atomic E-state index is 1.12. The molecule has 0 aromatic rings. The SMILES string of the molecule is CCCCCCCC[N+](C)(C)C.[O-][Cl+3]([O-])([O-])O. The van der Waals surface area contributed by atoms with Crippen molar-refractivity contribution in [3.8, 4) is 0 Å². The van der Waals surface area contributed by atoms with Crippen LogP contribution in [0, 0.1) is 10.2 Å². The fraction of sp³-hybridized carbons (Fsp3) is 1.00. The lowest BCUT2D eigenvalue weighted by atomic mass is 10.1. The van der Waals surface area contributed by atoms with Gasteiger partial charge in [-0.3, -0.25) is 0 Å². The lowest BCUT2D eigenvalue weighted by molar-refractivity contribution is -1.92. The van der Waals surface area contributed by atoms with Gasteiger partial charge in [-0.1, -0.05) is 32.6 Å². The van der Waals surface area contributed by atoms with E-state index < -0.39 is 10.2 Å². The van der Waals surface area contributed by atoms with Gasteiger partial charge >= 0.3 is 0 Å². The van der Waals surface area contributed by atoms with E-state index in [9.17, 15) is 0 Å². The number of halogens is 1. The lowest BCUT2D eigenvalue weighted by Gasteiger charge is -2.23. The van der Waals surface area contributed by atoms with Gasteiger partial charge in [0.05, 0.1) is 42.6 Å². The zero-order valence-electron chi connectivity index (χ0n) is 11.4. The zero-order chi connectivity index (χ0) is 13.9. The summed E-state index contributed by atoms with van der Waals surface area (Å²) in [6.45, 7) is 3.60. The van der Waals surface area contributed by atoms with Crippen LogP contribution < -0.4 is 14.0 Å². The van der Waals surface area contributed by atoms with Crippen molar-refractivity contribution in [1.29, 1.82) is 0 Å². The van der Waals surface area contributed by atoms with E-state index in [-0.39, 0.29) is 0 Å². The van der Waals surface area contributed by atoms with Crippen molar-refractivity contribution in [1.82, 2.24) is 0 Å². The van der Waals surface area contributed by atoms with Crippen molar-refractivity contribution < 1.29 is 33.4 Å². The summed E-state index contributed by atoms with van der Waals surface area (Å²) in [5.41, 5.74) is 0. The summed E-state index contributed by atoms with van der Waals surface area (Å²) < 4.78 is 33.8. The largest absolute Gasteiger partial charge is 0.331 e. The molecule has 0 atom stereocenters. The topological polar surface area (TPSA) is 89.4 Å². The molecule has 17 heavy (non-hydrogen) atoms. The van der Waals surface area contributed by atoms with Gasteiger partial charge in [0.2, 0.25) is 0 Å². The fourth-order valence-corrected chi connectivity index (χ4v) is 1.37. The van der Waals surface area contributed by atoms with E-state index in [0.29, 0.717) is 0 Å². The maximum absolute atomic E-state index is 8.60. The summed E-state index contributed by atoms with van der Waals surface area (Å²) in [5, 5.41) is 0. The normalized spacial score (nSPS) is 12.0. The van der Waals surface area contributed by atoms with E-state index in [4.69, 9.17) is 18.6 Å². The average Bonchev–Trinajstić information content (AvgIpc) is 2.06. The summed E-state index contributed by atoms with van der Waals surface area (Å²) in [5.74, 6) is 0. The predicted octanol–water partition coefficient (Wildman–Crippen LogP) is -1.07. The number of unbranched alkanes of at least 4 members (excludes halogenated alkanes) is 5. The first kappa shape index (κ1) is 19.4. The average molecular weight is 273 g/mol. The summed E-state index contributed by atoms with van der Waals surface area (Å²) in [6, 6.07) is 0. The van der Waals surface area contributed by atoms with Crippen molar-refractivity contribution in [3.63, 3.8) is 0 Å². The van der Waals surface area contributed by atoms with Crippen molar-refractivity contribution in [2.75, 3.05) is 27.7 Å². The second-order valence-corrected chi connectivity index (χ2v) is 5.97. The maximum atomic E-state index is 8.60. The van der Waals surface area contributed by atoms with Crippen LogP contribution in [0.2, 0.25) is 0 Å². The van der Waals surface area contributed by atoms with Crippen LogP contribution in [-0.4, -0.2) is 36.8 Å². The molecule has 0 aliphatic rings. The van der Waals surface area contributed by atoms with Crippen molar-refractivity contribution in [3.05, 3.63) is 0 Å². The number of hydrogen-bond acceptors (Lipinski definition) is 4. The molecule has 106 valence electrons. The van der Waals surface area contributed by atoms with Crippen LogP contribution in [0.5, 0.6) is 0 Å². The molecule has 0 unspecified atom stereocenters.